The molecule has 0 unspecified atom stereocenters. The van der Waals surface area contributed by atoms with Gasteiger partial charge in [0.25, 0.3) is 0 Å². The number of ether oxygens (including phenoxy) is 4. The summed E-state index contributed by atoms with van der Waals surface area (Å²) in [6.45, 7) is 14.5. The molecular weight excluding hydrogens is 444 g/mol. The van der Waals surface area contributed by atoms with Crippen molar-refractivity contribution < 1.29 is 28.2 Å². The fraction of sp³-hybridized carbons (Fsp3) is 0.583. The first-order chi connectivity index (χ1) is 14.8. The number of benzene rings is 1. The molecule has 0 aromatic heterocycles. The van der Waals surface area contributed by atoms with E-state index in [0.29, 0.717) is 12.2 Å². The van der Waals surface area contributed by atoms with E-state index in [9.17, 15) is 4.79 Å². The van der Waals surface area contributed by atoms with Crippen LogP contribution in [0.2, 0.25) is 18.1 Å². The monoisotopic (exact) mass is 478 g/mol. The SMILES string of the molecule is CC1(C)O[C@H]2[C@@H](O[Si](C)(C)C(C)(C)C)C[C@@H](OC(=S)Oc3ccccc3)/C=C\C(=O)[C@H]2O1. The molecule has 176 valence electrons. The number of hydrogen-bond acceptors (Lipinski definition) is 7. The summed E-state index contributed by atoms with van der Waals surface area (Å²) in [5.41, 5.74) is 0. The van der Waals surface area contributed by atoms with Crippen molar-refractivity contribution in [2.45, 2.75) is 89.4 Å². The van der Waals surface area contributed by atoms with E-state index >= 15 is 0 Å². The first kappa shape index (κ1) is 25.0. The minimum atomic E-state index is -2.18. The summed E-state index contributed by atoms with van der Waals surface area (Å²) in [4.78, 5) is 12.9. The van der Waals surface area contributed by atoms with Crippen LogP contribution in [0.3, 0.4) is 0 Å². The third kappa shape index (κ3) is 6.05. The molecule has 6 nitrogen and oxygen atoms in total. The van der Waals surface area contributed by atoms with Crippen molar-refractivity contribution >= 4 is 31.6 Å². The molecule has 1 aromatic rings. The highest BCUT2D eigenvalue weighted by Crippen LogP contribution is 2.41. The highest BCUT2D eigenvalue weighted by molar-refractivity contribution is 7.79. The van der Waals surface area contributed by atoms with Crippen molar-refractivity contribution in [3.63, 3.8) is 0 Å². The van der Waals surface area contributed by atoms with Gasteiger partial charge in [-0.1, -0.05) is 39.0 Å². The summed E-state index contributed by atoms with van der Waals surface area (Å²) in [7, 11) is -2.18. The summed E-state index contributed by atoms with van der Waals surface area (Å²) < 4.78 is 30.4. The molecule has 4 atom stereocenters. The van der Waals surface area contributed by atoms with Crippen LogP contribution in [-0.4, -0.2) is 49.5 Å². The zero-order chi connectivity index (χ0) is 23.7. The lowest BCUT2D eigenvalue weighted by Gasteiger charge is -2.42. The maximum Gasteiger partial charge on any atom is 0.358 e. The molecule has 0 amide bonds. The zero-order valence-corrected chi connectivity index (χ0v) is 21.7. The van der Waals surface area contributed by atoms with E-state index in [2.05, 4.69) is 33.9 Å². The van der Waals surface area contributed by atoms with E-state index in [0.717, 1.165) is 0 Å². The lowest BCUT2D eigenvalue weighted by Crippen LogP contribution is -2.52. The Balaban J connectivity index is 1.83. The lowest BCUT2D eigenvalue weighted by molar-refractivity contribution is -0.158. The topological polar surface area (TPSA) is 63.2 Å². The number of para-hydroxylation sites is 1. The first-order valence-corrected chi connectivity index (χ1v) is 14.3. The highest BCUT2D eigenvalue weighted by atomic mass is 32.1. The molecule has 0 bridgehead atoms. The van der Waals surface area contributed by atoms with Gasteiger partial charge >= 0.3 is 5.24 Å². The summed E-state index contributed by atoms with van der Waals surface area (Å²) in [6.07, 6.45) is 1.49. The minimum Gasteiger partial charge on any atom is -0.449 e. The standard InChI is InChI=1S/C24H34O6SSi/c1-23(2,3)32(6,7)30-19-15-17(27-22(31)26-16-11-9-8-10-12-16)13-14-18(25)20-21(19)29-24(4,5)28-20/h8-14,17,19-21H,15H2,1-7H3/b14-13-/t17-,19-,20+,21-/m0/s1. The maximum absolute atomic E-state index is 12.9. The Morgan fingerprint density at radius 1 is 1.16 bits per heavy atom. The molecular formula is C24H34O6SSi. The Hall–Kier alpha value is -1.58. The van der Waals surface area contributed by atoms with Gasteiger partial charge in [-0.2, -0.15) is 0 Å². The second-order valence-electron chi connectivity index (χ2n) is 10.3. The molecule has 0 radical (unpaired) electrons. The molecule has 1 fully saturated rings. The van der Waals surface area contributed by atoms with E-state index < -0.39 is 38.5 Å². The molecule has 2 aliphatic rings. The van der Waals surface area contributed by atoms with Crippen LogP contribution in [0.5, 0.6) is 5.75 Å². The van der Waals surface area contributed by atoms with E-state index in [1.807, 2.05) is 32.0 Å². The van der Waals surface area contributed by atoms with Gasteiger partial charge in [0.15, 0.2) is 26.0 Å². The number of thiocarbonyl (C=S) groups is 1. The average Bonchev–Trinajstić information content (AvgIpc) is 2.99. The van der Waals surface area contributed by atoms with Crippen molar-refractivity contribution in [1.82, 2.24) is 0 Å². The normalized spacial score (nSPS) is 28.9. The fourth-order valence-electron chi connectivity index (χ4n) is 3.51. The van der Waals surface area contributed by atoms with Gasteiger partial charge in [-0.05, 0) is 56.3 Å². The molecule has 0 spiro atoms. The second-order valence-corrected chi connectivity index (χ2v) is 15.3. The predicted octanol–water partition coefficient (Wildman–Crippen LogP) is 5.18. The van der Waals surface area contributed by atoms with Crippen LogP contribution in [0.1, 0.15) is 41.0 Å². The molecule has 1 aliphatic carbocycles. The van der Waals surface area contributed by atoms with Crippen LogP contribution in [0.15, 0.2) is 42.5 Å². The quantitative estimate of drug-likeness (QED) is 0.437. The largest absolute Gasteiger partial charge is 0.449 e. The Kier molecular flexibility index (Phi) is 7.31. The smallest absolute Gasteiger partial charge is 0.358 e. The number of carbonyl (C=O) groups excluding carboxylic acids is 1. The van der Waals surface area contributed by atoms with E-state index in [-0.39, 0.29) is 16.1 Å². The summed E-state index contributed by atoms with van der Waals surface area (Å²) in [5, 5.41) is -0.0210. The van der Waals surface area contributed by atoms with Crippen molar-refractivity contribution in [1.29, 1.82) is 0 Å². The van der Waals surface area contributed by atoms with Gasteiger partial charge < -0.3 is 23.4 Å². The Morgan fingerprint density at radius 3 is 2.44 bits per heavy atom. The van der Waals surface area contributed by atoms with Crippen molar-refractivity contribution in [3.8, 4) is 5.75 Å². The zero-order valence-electron chi connectivity index (χ0n) is 19.9. The molecule has 32 heavy (non-hydrogen) atoms. The van der Waals surface area contributed by atoms with Crippen LogP contribution >= 0.6 is 12.2 Å². The Labute approximate surface area is 197 Å². The van der Waals surface area contributed by atoms with Crippen LogP contribution in [0, 0.1) is 0 Å². The summed E-state index contributed by atoms with van der Waals surface area (Å²) in [6, 6.07) is 9.20. The van der Waals surface area contributed by atoms with Crippen molar-refractivity contribution in [2.75, 3.05) is 0 Å². The molecule has 8 heteroatoms. The third-order valence-corrected chi connectivity index (χ3v) is 10.8. The van der Waals surface area contributed by atoms with E-state index in [1.165, 1.54) is 6.08 Å². The van der Waals surface area contributed by atoms with Gasteiger partial charge in [0.2, 0.25) is 0 Å². The van der Waals surface area contributed by atoms with Crippen LogP contribution in [-0.2, 0) is 23.4 Å². The van der Waals surface area contributed by atoms with Gasteiger partial charge in [-0.3, -0.25) is 4.79 Å². The lowest BCUT2D eigenvalue weighted by atomic mass is 9.96. The van der Waals surface area contributed by atoms with Crippen LogP contribution < -0.4 is 4.74 Å². The molecule has 0 N–H and O–H groups in total. The van der Waals surface area contributed by atoms with Gasteiger partial charge in [0.1, 0.15) is 18.0 Å². The maximum atomic E-state index is 12.9. The number of rotatable bonds is 4. The van der Waals surface area contributed by atoms with Crippen molar-refractivity contribution in [3.05, 3.63) is 42.5 Å². The molecule has 1 heterocycles. The Morgan fingerprint density at radius 2 is 1.81 bits per heavy atom. The van der Waals surface area contributed by atoms with Gasteiger partial charge in [-0.15, -0.1) is 0 Å². The van der Waals surface area contributed by atoms with Crippen LogP contribution in [0.25, 0.3) is 0 Å². The predicted molar refractivity (Wildman–Crippen MR) is 129 cm³/mol. The molecule has 3 rings (SSSR count). The van der Waals surface area contributed by atoms with Crippen molar-refractivity contribution in [2.24, 2.45) is 0 Å². The van der Waals surface area contributed by atoms with E-state index in [4.69, 9.17) is 35.6 Å². The molecule has 1 aromatic carbocycles. The Bertz CT molecular complexity index is 861. The summed E-state index contributed by atoms with van der Waals surface area (Å²) in [5.74, 6) is -0.459. The summed E-state index contributed by atoms with van der Waals surface area (Å²) >= 11 is 5.31. The number of hydrogen-bond donors (Lipinski definition) is 0. The fourth-order valence-corrected chi connectivity index (χ4v) is 5.07. The minimum absolute atomic E-state index is 0.00887. The van der Waals surface area contributed by atoms with Gasteiger partial charge in [-0.25, -0.2) is 0 Å². The molecule has 1 aliphatic heterocycles. The number of ketones is 1. The van der Waals surface area contributed by atoms with Gasteiger partial charge in [0.05, 0.1) is 6.10 Å². The first-order valence-electron chi connectivity index (χ1n) is 11.0. The third-order valence-electron chi connectivity index (χ3n) is 6.16. The van der Waals surface area contributed by atoms with E-state index in [1.54, 1.807) is 18.2 Å². The molecule has 1 saturated heterocycles. The highest BCUT2D eigenvalue weighted by Gasteiger charge is 2.52. The van der Waals surface area contributed by atoms with Crippen LogP contribution in [0.4, 0.5) is 0 Å². The number of fused-ring (bicyclic) bond motifs is 1. The average molecular weight is 479 g/mol. The second kappa shape index (κ2) is 9.35. The number of carbonyl (C=O) groups is 1. The van der Waals surface area contributed by atoms with Gasteiger partial charge in [0, 0.05) is 18.6 Å². The molecule has 0 saturated carbocycles.